The van der Waals surface area contributed by atoms with Gasteiger partial charge in [-0.05, 0) is 45.9 Å². The fraction of sp³-hybridized carbons (Fsp3) is 0.333. The van der Waals surface area contributed by atoms with Crippen molar-refractivity contribution in [3.8, 4) is 11.1 Å². The molecule has 0 saturated heterocycles. The maximum absolute atomic E-state index is 5.96. The average Bonchev–Trinajstić information content (AvgIpc) is 2.58. The number of anilines is 1. The predicted molar refractivity (Wildman–Crippen MR) is 82.5 cm³/mol. The van der Waals surface area contributed by atoms with Crippen molar-refractivity contribution in [1.29, 1.82) is 0 Å². The maximum atomic E-state index is 5.96. The molecule has 1 aliphatic rings. The van der Waals surface area contributed by atoms with Crippen molar-refractivity contribution in [3.05, 3.63) is 53.1 Å². The molecule has 0 fully saturated rings. The van der Waals surface area contributed by atoms with E-state index in [0.717, 1.165) is 5.69 Å². The molecule has 0 unspecified atom stereocenters. The highest BCUT2D eigenvalue weighted by atomic mass is 14.5. The summed E-state index contributed by atoms with van der Waals surface area (Å²) in [5.41, 5.74) is 13.8. The van der Waals surface area contributed by atoms with Crippen LogP contribution in [0.1, 0.15) is 50.3 Å². The maximum Gasteiger partial charge on any atom is 0.0317 e. The number of benzene rings is 2. The van der Waals surface area contributed by atoms with Gasteiger partial charge in [0.2, 0.25) is 0 Å². The summed E-state index contributed by atoms with van der Waals surface area (Å²) in [5.74, 6) is 0.565. The summed E-state index contributed by atoms with van der Waals surface area (Å²) in [4.78, 5) is 0. The van der Waals surface area contributed by atoms with Gasteiger partial charge in [0.05, 0.1) is 0 Å². The summed E-state index contributed by atoms with van der Waals surface area (Å²) in [6, 6.07) is 13.2. The fourth-order valence-electron chi connectivity index (χ4n) is 3.13. The van der Waals surface area contributed by atoms with Crippen molar-refractivity contribution in [1.82, 2.24) is 0 Å². The first-order chi connectivity index (χ1) is 8.91. The first-order valence-electron chi connectivity index (χ1n) is 6.96. The monoisotopic (exact) mass is 251 g/mol. The van der Waals surface area contributed by atoms with Crippen LogP contribution in [0.2, 0.25) is 0 Å². The zero-order valence-electron chi connectivity index (χ0n) is 12.1. The van der Waals surface area contributed by atoms with Gasteiger partial charge in [-0.15, -0.1) is 0 Å². The highest BCUT2D eigenvalue weighted by molar-refractivity contribution is 5.82. The molecule has 0 aliphatic heterocycles. The second-order valence-corrected chi connectivity index (χ2v) is 6.39. The SMILES string of the molecule is CC(C)c1ccc2c(c1)C(C)(C)c1cc(N)ccc1-2. The van der Waals surface area contributed by atoms with E-state index in [1.54, 1.807) is 0 Å². The van der Waals surface area contributed by atoms with Crippen molar-refractivity contribution in [2.45, 2.75) is 39.0 Å². The van der Waals surface area contributed by atoms with E-state index in [1.165, 1.54) is 27.8 Å². The standard InChI is InChI=1S/C18H21N/c1-11(2)12-5-7-14-15-8-6-13(19)10-17(15)18(3,4)16(14)9-12/h5-11H,19H2,1-4H3. The molecular weight excluding hydrogens is 230 g/mol. The molecule has 0 spiro atoms. The molecule has 0 radical (unpaired) electrons. The zero-order valence-corrected chi connectivity index (χ0v) is 12.1. The smallest absolute Gasteiger partial charge is 0.0317 e. The quantitative estimate of drug-likeness (QED) is 0.730. The third-order valence-corrected chi connectivity index (χ3v) is 4.39. The van der Waals surface area contributed by atoms with Crippen LogP contribution in [-0.2, 0) is 5.41 Å². The van der Waals surface area contributed by atoms with Crippen molar-refractivity contribution in [3.63, 3.8) is 0 Å². The molecular formula is C18H21N. The van der Waals surface area contributed by atoms with Crippen LogP contribution in [0.5, 0.6) is 0 Å². The van der Waals surface area contributed by atoms with Crippen molar-refractivity contribution < 1.29 is 0 Å². The highest BCUT2D eigenvalue weighted by Gasteiger charge is 2.35. The Hall–Kier alpha value is -1.76. The number of fused-ring (bicyclic) bond motifs is 3. The van der Waals surface area contributed by atoms with Crippen molar-refractivity contribution >= 4 is 5.69 Å². The van der Waals surface area contributed by atoms with Gasteiger partial charge in [-0.2, -0.15) is 0 Å². The second-order valence-electron chi connectivity index (χ2n) is 6.39. The third kappa shape index (κ3) is 1.68. The molecule has 1 aliphatic carbocycles. The summed E-state index contributed by atoms with van der Waals surface area (Å²) in [6.07, 6.45) is 0. The topological polar surface area (TPSA) is 26.0 Å². The Labute approximate surface area is 115 Å². The molecule has 0 bridgehead atoms. The van der Waals surface area contributed by atoms with Gasteiger partial charge in [0.15, 0.2) is 0 Å². The minimum atomic E-state index is 0.0466. The van der Waals surface area contributed by atoms with Crippen LogP contribution in [0, 0.1) is 0 Å². The molecule has 3 rings (SSSR count). The van der Waals surface area contributed by atoms with Crippen LogP contribution >= 0.6 is 0 Å². The second kappa shape index (κ2) is 3.86. The van der Waals surface area contributed by atoms with Crippen LogP contribution in [-0.4, -0.2) is 0 Å². The number of nitrogens with two attached hydrogens (primary N) is 1. The number of hydrogen-bond donors (Lipinski definition) is 1. The van der Waals surface area contributed by atoms with Crippen molar-refractivity contribution in [2.24, 2.45) is 0 Å². The fourth-order valence-corrected chi connectivity index (χ4v) is 3.13. The van der Waals surface area contributed by atoms with E-state index >= 15 is 0 Å². The molecule has 0 atom stereocenters. The number of rotatable bonds is 1. The molecule has 0 heterocycles. The van der Waals surface area contributed by atoms with E-state index in [4.69, 9.17) is 5.73 Å². The van der Waals surface area contributed by atoms with Gasteiger partial charge in [0, 0.05) is 11.1 Å². The van der Waals surface area contributed by atoms with Gasteiger partial charge < -0.3 is 5.73 Å². The van der Waals surface area contributed by atoms with Crippen LogP contribution in [0.3, 0.4) is 0 Å². The highest BCUT2D eigenvalue weighted by Crippen LogP contribution is 2.49. The Morgan fingerprint density at radius 3 is 2.11 bits per heavy atom. The molecule has 2 N–H and O–H groups in total. The summed E-state index contributed by atoms with van der Waals surface area (Å²) < 4.78 is 0. The van der Waals surface area contributed by atoms with Crippen LogP contribution < -0.4 is 5.73 Å². The summed E-state index contributed by atoms with van der Waals surface area (Å²) in [7, 11) is 0. The Balaban J connectivity index is 2.28. The molecule has 98 valence electrons. The van der Waals surface area contributed by atoms with Gasteiger partial charge >= 0.3 is 0 Å². The minimum Gasteiger partial charge on any atom is -0.399 e. The Morgan fingerprint density at radius 2 is 1.47 bits per heavy atom. The molecule has 2 aromatic carbocycles. The summed E-state index contributed by atoms with van der Waals surface area (Å²) in [6.45, 7) is 9.08. The molecule has 0 aromatic heterocycles. The normalized spacial score (nSPS) is 15.4. The van der Waals surface area contributed by atoms with Gasteiger partial charge in [-0.3, -0.25) is 0 Å². The van der Waals surface area contributed by atoms with Crippen LogP contribution in [0.15, 0.2) is 36.4 Å². The van der Waals surface area contributed by atoms with Gasteiger partial charge in [0.25, 0.3) is 0 Å². The van der Waals surface area contributed by atoms with Gasteiger partial charge in [-0.1, -0.05) is 52.0 Å². The lowest BCUT2D eigenvalue weighted by molar-refractivity contribution is 0.658. The van der Waals surface area contributed by atoms with Crippen molar-refractivity contribution in [2.75, 3.05) is 5.73 Å². The lowest BCUT2D eigenvalue weighted by Gasteiger charge is -2.22. The van der Waals surface area contributed by atoms with Gasteiger partial charge in [0.1, 0.15) is 0 Å². The molecule has 1 nitrogen and oxygen atoms in total. The van der Waals surface area contributed by atoms with E-state index in [0.29, 0.717) is 5.92 Å². The Bertz CT molecular complexity index is 651. The molecule has 2 aromatic rings. The lowest BCUT2D eigenvalue weighted by atomic mass is 9.81. The minimum absolute atomic E-state index is 0.0466. The number of nitrogen functional groups attached to an aromatic ring is 1. The third-order valence-electron chi connectivity index (χ3n) is 4.39. The molecule has 0 saturated carbocycles. The summed E-state index contributed by atoms with van der Waals surface area (Å²) >= 11 is 0. The first-order valence-corrected chi connectivity index (χ1v) is 6.96. The average molecular weight is 251 g/mol. The first kappa shape index (κ1) is 12.3. The molecule has 0 amide bonds. The van der Waals surface area contributed by atoms with E-state index in [1.807, 2.05) is 6.07 Å². The van der Waals surface area contributed by atoms with E-state index in [9.17, 15) is 0 Å². The zero-order chi connectivity index (χ0) is 13.8. The van der Waals surface area contributed by atoms with E-state index in [2.05, 4.69) is 58.0 Å². The number of hydrogen-bond acceptors (Lipinski definition) is 1. The Morgan fingerprint density at radius 1 is 0.895 bits per heavy atom. The Kier molecular flexibility index (Phi) is 2.50. The van der Waals surface area contributed by atoms with Crippen LogP contribution in [0.4, 0.5) is 5.69 Å². The molecule has 1 heteroatoms. The predicted octanol–water partition coefficient (Wildman–Crippen LogP) is 4.70. The molecule has 19 heavy (non-hydrogen) atoms. The van der Waals surface area contributed by atoms with E-state index in [-0.39, 0.29) is 5.41 Å². The largest absolute Gasteiger partial charge is 0.399 e. The van der Waals surface area contributed by atoms with E-state index < -0.39 is 0 Å². The summed E-state index contributed by atoms with van der Waals surface area (Å²) in [5, 5.41) is 0. The van der Waals surface area contributed by atoms with Gasteiger partial charge in [-0.25, -0.2) is 0 Å². The lowest BCUT2D eigenvalue weighted by Crippen LogP contribution is -2.15. The van der Waals surface area contributed by atoms with Crippen LogP contribution in [0.25, 0.3) is 11.1 Å².